The lowest BCUT2D eigenvalue weighted by Crippen LogP contribution is -2.07. The van der Waals surface area contributed by atoms with Gasteiger partial charge in [0.2, 0.25) is 5.95 Å². The second-order valence-electron chi connectivity index (χ2n) is 4.48. The van der Waals surface area contributed by atoms with Crippen LogP contribution in [0.15, 0.2) is 35.5 Å². The zero-order valence-electron chi connectivity index (χ0n) is 10.9. The van der Waals surface area contributed by atoms with Gasteiger partial charge in [-0.05, 0) is 26.3 Å². The second kappa shape index (κ2) is 5.44. The summed E-state index contributed by atoms with van der Waals surface area (Å²) >= 11 is 1.68. The van der Waals surface area contributed by atoms with Gasteiger partial charge in [-0.15, -0.1) is 10.2 Å². The molecule has 1 atom stereocenters. The van der Waals surface area contributed by atoms with Gasteiger partial charge in [0.15, 0.2) is 5.16 Å². The van der Waals surface area contributed by atoms with Gasteiger partial charge in [0.1, 0.15) is 0 Å². The van der Waals surface area contributed by atoms with Crippen LogP contribution in [-0.4, -0.2) is 14.8 Å². The first-order valence-electron chi connectivity index (χ1n) is 6.01. The Kier molecular flexibility index (Phi) is 3.91. The molecule has 0 aliphatic carbocycles. The lowest BCUT2D eigenvalue weighted by Gasteiger charge is -2.14. The van der Waals surface area contributed by atoms with Gasteiger partial charge >= 0.3 is 0 Å². The van der Waals surface area contributed by atoms with Crippen LogP contribution in [0, 0.1) is 0 Å². The number of hydrogen-bond donors (Lipinski definition) is 1. The summed E-state index contributed by atoms with van der Waals surface area (Å²) < 4.78 is 1.96. The molecule has 0 radical (unpaired) electrons. The summed E-state index contributed by atoms with van der Waals surface area (Å²) in [5, 5.41) is 9.31. The number of hydrogen-bond acceptors (Lipinski definition) is 4. The van der Waals surface area contributed by atoms with Crippen LogP contribution in [0.25, 0.3) is 0 Å². The number of thioether (sulfide) groups is 1. The van der Waals surface area contributed by atoms with Crippen LogP contribution in [-0.2, 0) is 0 Å². The van der Waals surface area contributed by atoms with Crippen molar-refractivity contribution in [3.05, 3.63) is 35.9 Å². The summed E-state index contributed by atoms with van der Waals surface area (Å²) in [5.41, 5.74) is 7.11. The molecule has 0 amide bonds. The maximum atomic E-state index is 5.83. The SMILES string of the molecule is CC(Sc1nnc(N)n1C(C)C)c1ccccc1. The van der Waals surface area contributed by atoms with Gasteiger partial charge in [0, 0.05) is 11.3 Å². The van der Waals surface area contributed by atoms with Crippen molar-refractivity contribution in [2.45, 2.75) is 37.2 Å². The molecule has 1 heterocycles. The fourth-order valence-corrected chi connectivity index (χ4v) is 2.92. The van der Waals surface area contributed by atoms with Crippen molar-refractivity contribution in [2.24, 2.45) is 0 Å². The van der Waals surface area contributed by atoms with Crippen LogP contribution in [0.4, 0.5) is 5.95 Å². The van der Waals surface area contributed by atoms with Crippen molar-refractivity contribution < 1.29 is 0 Å². The Morgan fingerprint density at radius 1 is 1.11 bits per heavy atom. The molecule has 0 aliphatic heterocycles. The molecule has 0 aliphatic rings. The predicted molar refractivity (Wildman–Crippen MR) is 75.5 cm³/mol. The van der Waals surface area contributed by atoms with E-state index in [1.54, 1.807) is 11.8 Å². The van der Waals surface area contributed by atoms with Crippen molar-refractivity contribution in [3.8, 4) is 0 Å². The summed E-state index contributed by atoms with van der Waals surface area (Å²) in [5.74, 6) is 0.479. The number of nitrogens with zero attached hydrogens (tertiary/aromatic N) is 3. The molecule has 2 N–H and O–H groups in total. The number of benzene rings is 1. The largest absolute Gasteiger partial charge is 0.368 e. The average Bonchev–Trinajstić information content (AvgIpc) is 2.71. The molecule has 0 bridgehead atoms. The molecule has 0 saturated carbocycles. The smallest absolute Gasteiger partial charge is 0.222 e. The van der Waals surface area contributed by atoms with E-state index in [2.05, 4.69) is 43.1 Å². The zero-order chi connectivity index (χ0) is 13.1. The van der Waals surface area contributed by atoms with E-state index in [1.807, 2.05) is 22.8 Å². The first-order valence-corrected chi connectivity index (χ1v) is 6.89. The minimum absolute atomic E-state index is 0.269. The molecule has 0 fully saturated rings. The molecule has 4 nitrogen and oxygen atoms in total. The van der Waals surface area contributed by atoms with Gasteiger partial charge in [0.25, 0.3) is 0 Å². The summed E-state index contributed by atoms with van der Waals surface area (Å²) in [6, 6.07) is 10.6. The lowest BCUT2D eigenvalue weighted by atomic mass is 10.2. The first kappa shape index (κ1) is 13.0. The maximum absolute atomic E-state index is 5.83. The van der Waals surface area contributed by atoms with E-state index in [0.717, 1.165) is 5.16 Å². The van der Waals surface area contributed by atoms with Crippen molar-refractivity contribution in [2.75, 3.05) is 5.73 Å². The van der Waals surface area contributed by atoms with Gasteiger partial charge in [0.05, 0.1) is 0 Å². The molecule has 1 aromatic heterocycles. The van der Waals surface area contributed by atoms with Crippen molar-refractivity contribution >= 4 is 17.7 Å². The van der Waals surface area contributed by atoms with E-state index in [9.17, 15) is 0 Å². The number of anilines is 1. The molecule has 0 saturated heterocycles. The highest BCUT2D eigenvalue weighted by molar-refractivity contribution is 7.99. The Hall–Kier alpha value is -1.49. The number of nitrogens with two attached hydrogens (primary N) is 1. The molecule has 5 heteroatoms. The third-order valence-corrected chi connectivity index (χ3v) is 3.87. The molecular formula is C13H18N4S. The Morgan fingerprint density at radius 3 is 2.39 bits per heavy atom. The third-order valence-electron chi connectivity index (χ3n) is 2.76. The van der Waals surface area contributed by atoms with Gasteiger partial charge in [-0.25, -0.2) is 0 Å². The van der Waals surface area contributed by atoms with Crippen LogP contribution in [0.2, 0.25) is 0 Å². The summed E-state index contributed by atoms with van der Waals surface area (Å²) in [6.45, 7) is 6.32. The van der Waals surface area contributed by atoms with Crippen molar-refractivity contribution in [3.63, 3.8) is 0 Å². The zero-order valence-corrected chi connectivity index (χ0v) is 11.7. The minimum Gasteiger partial charge on any atom is -0.368 e. The van der Waals surface area contributed by atoms with Crippen LogP contribution in [0.5, 0.6) is 0 Å². The molecule has 0 spiro atoms. The Balaban J connectivity index is 2.20. The number of aromatic nitrogens is 3. The predicted octanol–water partition coefficient (Wildman–Crippen LogP) is 3.29. The summed E-state index contributed by atoms with van der Waals surface area (Å²) in [4.78, 5) is 0. The summed E-state index contributed by atoms with van der Waals surface area (Å²) in [7, 11) is 0. The highest BCUT2D eigenvalue weighted by Gasteiger charge is 2.16. The quantitative estimate of drug-likeness (QED) is 0.859. The van der Waals surface area contributed by atoms with E-state index < -0.39 is 0 Å². The van der Waals surface area contributed by atoms with Crippen molar-refractivity contribution in [1.82, 2.24) is 14.8 Å². The minimum atomic E-state index is 0.269. The van der Waals surface area contributed by atoms with Gasteiger partial charge in [-0.1, -0.05) is 42.1 Å². The van der Waals surface area contributed by atoms with Crippen molar-refractivity contribution in [1.29, 1.82) is 0 Å². The maximum Gasteiger partial charge on any atom is 0.222 e. The molecule has 1 aromatic carbocycles. The molecular weight excluding hydrogens is 244 g/mol. The average molecular weight is 262 g/mol. The molecule has 96 valence electrons. The highest BCUT2D eigenvalue weighted by Crippen LogP contribution is 2.35. The topological polar surface area (TPSA) is 56.7 Å². The molecule has 1 unspecified atom stereocenters. The van der Waals surface area contributed by atoms with Crippen LogP contribution in [0.3, 0.4) is 0 Å². The van der Waals surface area contributed by atoms with E-state index in [-0.39, 0.29) is 6.04 Å². The van der Waals surface area contributed by atoms with Crippen LogP contribution in [0.1, 0.15) is 37.6 Å². The highest BCUT2D eigenvalue weighted by atomic mass is 32.2. The second-order valence-corrected chi connectivity index (χ2v) is 5.78. The fraction of sp³-hybridized carbons (Fsp3) is 0.385. The summed E-state index contributed by atoms with van der Waals surface area (Å²) in [6.07, 6.45) is 0. The molecule has 2 aromatic rings. The Labute approximate surface area is 112 Å². The van der Waals surface area contributed by atoms with E-state index in [4.69, 9.17) is 5.73 Å². The lowest BCUT2D eigenvalue weighted by molar-refractivity contribution is 0.556. The Morgan fingerprint density at radius 2 is 1.78 bits per heavy atom. The van der Waals surface area contributed by atoms with E-state index in [0.29, 0.717) is 11.2 Å². The van der Waals surface area contributed by atoms with Gasteiger partial charge in [-0.2, -0.15) is 0 Å². The van der Waals surface area contributed by atoms with E-state index >= 15 is 0 Å². The van der Waals surface area contributed by atoms with Crippen LogP contribution < -0.4 is 5.73 Å². The van der Waals surface area contributed by atoms with Crippen LogP contribution >= 0.6 is 11.8 Å². The van der Waals surface area contributed by atoms with E-state index in [1.165, 1.54) is 5.56 Å². The number of rotatable bonds is 4. The molecule has 2 rings (SSSR count). The Bertz CT molecular complexity index is 507. The third kappa shape index (κ3) is 2.67. The van der Waals surface area contributed by atoms with Gasteiger partial charge in [-0.3, -0.25) is 4.57 Å². The van der Waals surface area contributed by atoms with Gasteiger partial charge < -0.3 is 5.73 Å². The first-order chi connectivity index (χ1) is 8.59. The molecule has 18 heavy (non-hydrogen) atoms. The number of nitrogen functional groups attached to an aromatic ring is 1. The standard InChI is InChI=1S/C13H18N4S/c1-9(2)17-12(14)15-16-13(17)18-10(3)11-7-5-4-6-8-11/h4-10H,1-3H3,(H2,14,15). The normalized spacial score (nSPS) is 12.9. The monoisotopic (exact) mass is 262 g/mol. The fourth-order valence-electron chi connectivity index (χ4n) is 1.80.